The highest BCUT2D eigenvalue weighted by atomic mass is 16.6. The molecule has 0 bridgehead atoms. The molecule has 6 rings (SSSR count). The molecule has 0 spiro atoms. The Kier molecular flexibility index (Phi) is 19.0. The lowest BCUT2D eigenvalue weighted by Gasteiger charge is -2.29. The zero-order chi connectivity index (χ0) is 53.5. The minimum absolute atomic E-state index is 0.0978. The van der Waals surface area contributed by atoms with Gasteiger partial charge in [0, 0.05) is 69.5 Å². The number of nitrogens with zero attached hydrogens (tertiary/aromatic N) is 3. The summed E-state index contributed by atoms with van der Waals surface area (Å²) in [6.45, 7) is 4.01. The lowest BCUT2D eigenvalue weighted by molar-refractivity contribution is -0.138. The molecule has 3 heterocycles. The first-order valence-electron chi connectivity index (χ1n) is 24.3. The van der Waals surface area contributed by atoms with Crippen molar-refractivity contribution < 1.29 is 57.5 Å². The van der Waals surface area contributed by atoms with Gasteiger partial charge in [0.15, 0.2) is 0 Å². The summed E-state index contributed by atoms with van der Waals surface area (Å²) < 4.78 is 5.58. The van der Waals surface area contributed by atoms with Gasteiger partial charge in [-0.2, -0.15) is 0 Å². The van der Waals surface area contributed by atoms with Crippen LogP contribution in [0.25, 0.3) is 0 Å². The van der Waals surface area contributed by atoms with Gasteiger partial charge in [-0.1, -0.05) is 56.7 Å². The molecule has 0 radical (unpaired) electrons. The Morgan fingerprint density at radius 3 is 2.24 bits per heavy atom. The molecule has 0 aliphatic carbocycles. The maximum atomic E-state index is 13.6. The smallest absolute Gasteiger partial charge is 0.414 e. The van der Waals surface area contributed by atoms with Crippen molar-refractivity contribution in [2.75, 3.05) is 35.7 Å². The van der Waals surface area contributed by atoms with Crippen LogP contribution in [-0.2, 0) is 58.0 Å². The third-order valence-electron chi connectivity index (χ3n) is 12.5. The van der Waals surface area contributed by atoms with Crippen LogP contribution in [0, 0.1) is 5.92 Å². The highest BCUT2D eigenvalue weighted by molar-refractivity contribution is 6.13. The van der Waals surface area contributed by atoms with Crippen molar-refractivity contribution in [2.24, 2.45) is 11.7 Å². The minimum atomic E-state index is -1.08. The molecule has 0 saturated carbocycles. The van der Waals surface area contributed by atoms with E-state index in [0.29, 0.717) is 58.6 Å². The fraction of sp³-hybridized carbons (Fsp3) is 0.392. The van der Waals surface area contributed by atoms with Gasteiger partial charge in [0.2, 0.25) is 29.5 Å². The Morgan fingerprint density at radius 2 is 1.54 bits per heavy atom. The van der Waals surface area contributed by atoms with Gasteiger partial charge in [0.25, 0.3) is 17.7 Å². The summed E-state index contributed by atoms with van der Waals surface area (Å²) in [5, 5.41) is 18.5. The molecular formula is C51H61N11O12. The number of amides is 13. The van der Waals surface area contributed by atoms with Crippen LogP contribution in [0.15, 0.2) is 78.9 Å². The van der Waals surface area contributed by atoms with Crippen LogP contribution in [0.1, 0.15) is 92.3 Å². The highest BCUT2D eigenvalue weighted by Gasteiger charge is 2.39. The molecule has 23 nitrogen and oxygen atoms in total. The number of para-hydroxylation sites is 2. The molecule has 3 atom stereocenters. The molecule has 13 amide bonds. The molecule has 392 valence electrons. The van der Waals surface area contributed by atoms with Crippen molar-refractivity contribution in [3.8, 4) is 0 Å². The molecule has 3 aromatic carbocycles. The van der Waals surface area contributed by atoms with Crippen LogP contribution in [0.4, 0.5) is 31.4 Å². The monoisotopic (exact) mass is 1020 g/mol. The maximum Gasteiger partial charge on any atom is 0.414 e. The zero-order valence-corrected chi connectivity index (χ0v) is 41.3. The number of ether oxygens (including phenoxy) is 1. The van der Waals surface area contributed by atoms with Gasteiger partial charge in [-0.15, -0.1) is 0 Å². The van der Waals surface area contributed by atoms with E-state index in [1.165, 1.54) is 29.0 Å². The van der Waals surface area contributed by atoms with Crippen LogP contribution in [0.3, 0.4) is 0 Å². The van der Waals surface area contributed by atoms with E-state index < -0.39 is 54.0 Å². The third-order valence-corrected chi connectivity index (χ3v) is 12.5. The van der Waals surface area contributed by atoms with Crippen molar-refractivity contribution in [1.29, 1.82) is 0 Å². The zero-order valence-electron chi connectivity index (χ0n) is 41.3. The second kappa shape index (κ2) is 25.7. The average molecular weight is 1020 g/mol. The number of anilines is 3. The van der Waals surface area contributed by atoms with Gasteiger partial charge in [0.1, 0.15) is 24.7 Å². The van der Waals surface area contributed by atoms with Gasteiger partial charge < -0.3 is 47.3 Å². The topological polar surface area (TPSA) is 317 Å². The predicted molar refractivity (Wildman–Crippen MR) is 268 cm³/mol. The summed E-state index contributed by atoms with van der Waals surface area (Å²) in [5.74, 6) is -3.81. The van der Waals surface area contributed by atoms with E-state index in [1.807, 2.05) is 0 Å². The quantitative estimate of drug-likeness (QED) is 0.0502. The molecule has 74 heavy (non-hydrogen) atoms. The number of nitrogens with one attached hydrogen (secondary N) is 7. The normalized spacial score (nSPS) is 15.7. The van der Waals surface area contributed by atoms with E-state index in [0.717, 1.165) is 4.90 Å². The first-order valence-corrected chi connectivity index (χ1v) is 24.3. The van der Waals surface area contributed by atoms with E-state index in [2.05, 4.69) is 37.2 Å². The first-order chi connectivity index (χ1) is 35.4. The van der Waals surface area contributed by atoms with E-state index in [9.17, 15) is 52.7 Å². The Bertz CT molecular complexity index is 2670. The summed E-state index contributed by atoms with van der Waals surface area (Å²) in [6, 6.07) is 14.0. The Labute approximate surface area is 426 Å². The number of carbonyl (C=O) groups is 11. The fourth-order valence-corrected chi connectivity index (χ4v) is 8.42. The number of carbonyl (C=O) groups excluding carboxylic acids is 11. The lowest BCUT2D eigenvalue weighted by atomic mass is 10.0. The number of hydrogen-bond acceptors (Lipinski definition) is 12. The van der Waals surface area contributed by atoms with Crippen molar-refractivity contribution >= 4 is 82.5 Å². The first kappa shape index (κ1) is 54.7. The summed E-state index contributed by atoms with van der Waals surface area (Å²) in [6.07, 6.45) is 4.10. The molecule has 3 aliphatic rings. The summed E-state index contributed by atoms with van der Waals surface area (Å²) in [7, 11) is 1.48. The number of unbranched alkanes of at least 4 members (excludes halogenated alkanes) is 2. The number of hydrogen-bond donors (Lipinski definition) is 8. The molecule has 9 N–H and O–H groups in total. The van der Waals surface area contributed by atoms with Crippen molar-refractivity contribution in [2.45, 2.75) is 103 Å². The van der Waals surface area contributed by atoms with Gasteiger partial charge in [0.05, 0.1) is 11.4 Å². The van der Waals surface area contributed by atoms with Crippen LogP contribution >= 0.6 is 0 Å². The molecule has 0 aromatic heterocycles. The average Bonchev–Trinajstić information content (AvgIpc) is 3.87. The third kappa shape index (κ3) is 15.0. The summed E-state index contributed by atoms with van der Waals surface area (Å²) >= 11 is 0. The molecule has 3 aromatic rings. The number of primary amides is 1. The lowest BCUT2D eigenvalue weighted by Crippen LogP contribution is -2.54. The second-order valence-corrected chi connectivity index (χ2v) is 18.3. The fourth-order valence-electron chi connectivity index (χ4n) is 8.42. The Hall–Kier alpha value is -8.63. The summed E-state index contributed by atoms with van der Waals surface area (Å²) in [4.78, 5) is 142. The summed E-state index contributed by atoms with van der Waals surface area (Å²) in [5.41, 5.74) is 8.62. The van der Waals surface area contributed by atoms with Crippen molar-refractivity contribution in [3.63, 3.8) is 0 Å². The Morgan fingerprint density at radius 1 is 0.824 bits per heavy atom. The number of fused-ring (bicyclic) bond motifs is 1. The van der Waals surface area contributed by atoms with Crippen molar-refractivity contribution in [3.05, 3.63) is 101 Å². The SMILES string of the molecule is CC(C)[C@H](NC(=O)CCCCCN1C(=O)C=CC1=O)C(=O)N[C@@H](CCCNC(N)=O)C(=O)Nc1ccc(COC(=O)N(C)c2ccccc2NC(=O)NCc2ccc3c(c2)CN(C2CCC(=O)NC2=O)C3=O)cc1. The standard InChI is InChI=1S/C51H61N11O12/c1-30(2)44(58-40(63)13-5-4-8-25-61-42(65)22-23-43(61)66)47(69)56-37(11-9-24-53-49(52)71)45(67)55-34-17-14-31(15-18-34)29-74-51(73)60(3)38-12-7-6-10-36(38)57-50(72)54-27-32-16-19-35-33(26-32)28-62(48(35)70)39-20-21-41(64)59-46(39)68/h6-7,10,12,14-19,22-23,26,30,37,39,44H,4-5,8-9,11,13,20-21,24-25,27-29H2,1-3H3,(H,55,67)(H,56,69)(H,58,63)(H3,52,53,71)(H2,54,57,72)(H,59,64,68)/t37-,39?,44-/m0/s1. The van der Waals surface area contributed by atoms with Gasteiger partial charge in [-0.25, -0.2) is 14.4 Å². The largest absolute Gasteiger partial charge is 0.444 e. The van der Waals surface area contributed by atoms with Gasteiger partial charge >= 0.3 is 18.2 Å². The van der Waals surface area contributed by atoms with Crippen LogP contribution in [-0.4, -0.2) is 113 Å². The van der Waals surface area contributed by atoms with E-state index in [1.54, 1.807) is 80.6 Å². The van der Waals surface area contributed by atoms with Gasteiger partial charge in [-0.05, 0) is 85.0 Å². The number of imide groups is 2. The molecule has 1 unspecified atom stereocenters. The predicted octanol–water partition coefficient (Wildman–Crippen LogP) is 3.04. The van der Waals surface area contributed by atoms with Crippen molar-refractivity contribution in [1.82, 2.24) is 36.4 Å². The van der Waals surface area contributed by atoms with E-state index >= 15 is 0 Å². The van der Waals surface area contributed by atoms with Crippen LogP contribution in [0.2, 0.25) is 0 Å². The van der Waals surface area contributed by atoms with Crippen LogP contribution in [0.5, 0.6) is 0 Å². The number of urea groups is 2. The highest BCUT2D eigenvalue weighted by Crippen LogP contribution is 2.29. The molecule has 23 heteroatoms. The Balaban J connectivity index is 0.965. The van der Waals surface area contributed by atoms with E-state index in [-0.39, 0.29) is 100 Å². The minimum Gasteiger partial charge on any atom is -0.444 e. The molecule has 3 aliphatic heterocycles. The molecule has 1 fully saturated rings. The maximum absolute atomic E-state index is 13.6. The molecular weight excluding hydrogens is 959 g/mol. The number of rotatable bonds is 23. The van der Waals surface area contributed by atoms with E-state index in [4.69, 9.17) is 10.5 Å². The second-order valence-electron chi connectivity index (χ2n) is 18.3. The number of nitrogens with two attached hydrogens (primary N) is 1. The number of piperidine rings is 1. The molecule has 1 saturated heterocycles. The van der Waals surface area contributed by atoms with Crippen LogP contribution < -0.4 is 47.9 Å². The number of benzene rings is 3. The van der Waals surface area contributed by atoms with Gasteiger partial charge in [-0.3, -0.25) is 53.5 Å².